The Morgan fingerprint density at radius 3 is 2.81 bits per heavy atom. The highest BCUT2D eigenvalue weighted by Gasteiger charge is 2.12. The Hall–Kier alpha value is -1.36. The van der Waals surface area contributed by atoms with Crippen LogP contribution in [0.4, 0.5) is 10.1 Å². The van der Waals surface area contributed by atoms with Crippen LogP contribution in [0.25, 0.3) is 0 Å². The number of non-ortho nitro benzene ring substituents is 1. The van der Waals surface area contributed by atoms with E-state index in [4.69, 9.17) is 16.3 Å². The first-order chi connectivity index (χ1) is 7.54. The lowest BCUT2D eigenvalue weighted by Crippen LogP contribution is -2.10. The molecule has 0 aliphatic carbocycles. The lowest BCUT2D eigenvalue weighted by molar-refractivity contribution is -0.385. The Morgan fingerprint density at radius 2 is 2.31 bits per heavy atom. The minimum atomic E-state index is -0.740. The molecule has 0 aromatic heterocycles. The largest absolute Gasteiger partial charge is 0.490 e. The number of hydrogen-bond donors (Lipinski definition) is 0. The topological polar surface area (TPSA) is 52.4 Å². The number of nitro groups is 1. The zero-order valence-electron chi connectivity index (χ0n) is 8.65. The predicted octanol–water partition coefficient (Wildman–Crippen LogP) is 2.99. The van der Waals surface area contributed by atoms with E-state index in [0.717, 1.165) is 6.07 Å². The van der Waals surface area contributed by atoms with Crippen LogP contribution in [0.3, 0.4) is 0 Å². The van der Waals surface area contributed by atoms with Crippen LogP contribution < -0.4 is 4.74 Å². The Morgan fingerprint density at radius 1 is 1.62 bits per heavy atom. The van der Waals surface area contributed by atoms with E-state index in [1.807, 2.05) is 6.92 Å². The van der Waals surface area contributed by atoms with Crippen LogP contribution in [0.2, 0.25) is 0 Å². The summed E-state index contributed by atoms with van der Waals surface area (Å²) in [5.74, 6) is -0.232. The summed E-state index contributed by atoms with van der Waals surface area (Å²) in [5, 5.41) is 10.4. The predicted molar refractivity (Wildman–Crippen MR) is 58.4 cm³/mol. The molecule has 6 heteroatoms. The van der Waals surface area contributed by atoms with Crippen molar-refractivity contribution in [1.29, 1.82) is 0 Å². The first kappa shape index (κ1) is 12.7. The molecule has 0 fully saturated rings. The van der Waals surface area contributed by atoms with Gasteiger partial charge in [-0.25, -0.2) is 4.39 Å². The molecule has 88 valence electrons. The van der Waals surface area contributed by atoms with Gasteiger partial charge in [0.15, 0.2) is 11.6 Å². The van der Waals surface area contributed by atoms with Gasteiger partial charge in [0.1, 0.15) is 0 Å². The van der Waals surface area contributed by atoms with Gasteiger partial charge in [0.2, 0.25) is 0 Å². The lowest BCUT2D eigenvalue weighted by Gasteiger charge is -2.10. The normalized spacial score (nSPS) is 12.2. The zero-order chi connectivity index (χ0) is 12.1. The molecule has 1 aromatic carbocycles. The molecule has 0 saturated heterocycles. The number of ether oxygens (including phenoxy) is 1. The van der Waals surface area contributed by atoms with Crippen molar-refractivity contribution in [2.75, 3.05) is 12.5 Å². The van der Waals surface area contributed by atoms with E-state index in [9.17, 15) is 14.5 Å². The Kier molecular flexibility index (Phi) is 4.49. The highest BCUT2D eigenvalue weighted by Crippen LogP contribution is 2.22. The van der Waals surface area contributed by atoms with Crippen molar-refractivity contribution >= 4 is 17.3 Å². The average Bonchev–Trinajstić information content (AvgIpc) is 2.26. The number of nitrogens with zero attached hydrogens (tertiary/aromatic N) is 1. The first-order valence-corrected chi connectivity index (χ1v) is 5.20. The molecule has 0 aliphatic heterocycles. The number of rotatable bonds is 5. The maximum absolute atomic E-state index is 13.3. The summed E-state index contributed by atoms with van der Waals surface area (Å²) < 4.78 is 18.4. The molecular formula is C10H11ClFNO3. The van der Waals surface area contributed by atoms with Gasteiger partial charge < -0.3 is 4.74 Å². The van der Waals surface area contributed by atoms with Gasteiger partial charge >= 0.3 is 0 Å². The molecule has 0 N–H and O–H groups in total. The number of hydrogen-bond acceptors (Lipinski definition) is 3. The van der Waals surface area contributed by atoms with Gasteiger partial charge in [-0.2, -0.15) is 0 Å². The van der Waals surface area contributed by atoms with Crippen molar-refractivity contribution in [2.45, 2.75) is 6.92 Å². The maximum atomic E-state index is 13.3. The van der Waals surface area contributed by atoms with Crippen molar-refractivity contribution in [1.82, 2.24) is 0 Å². The molecule has 0 bridgehead atoms. The van der Waals surface area contributed by atoms with Crippen molar-refractivity contribution in [3.8, 4) is 5.75 Å². The van der Waals surface area contributed by atoms with Crippen LogP contribution in [0, 0.1) is 21.8 Å². The smallest absolute Gasteiger partial charge is 0.272 e. The fourth-order valence-corrected chi connectivity index (χ4v) is 1.09. The third-order valence-corrected chi connectivity index (χ3v) is 2.44. The second kappa shape index (κ2) is 5.65. The molecule has 1 rings (SSSR count). The SMILES string of the molecule is CC(CCl)COc1ccc([N+](=O)[O-])cc1F. The summed E-state index contributed by atoms with van der Waals surface area (Å²) >= 11 is 5.56. The van der Waals surface area contributed by atoms with E-state index in [1.165, 1.54) is 12.1 Å². The summed E-state index contributed by atoms with van der Waals surface area (Å²) in [6.45, 7) is 2.13. The Balaban J connectivity index is 2.72. The van der Waals surface area contributed by atoms with Crippen LogP contribution in [-0.4, -0.2) is 17.4 Å². The van der Waals surface area contributed by atoms with E-state index in [0.29, 0.717) is 5.88 Å². The van der Waals surface area contributed by atoms with E-state index in [-0.39, 0.29) is 24.0 Å². The molecule has 1 atom stereocenters. The maximum Gasteiger partial charge on any atom is 0.272 e. The second-order valence-electron chi connectivity index (χ2n) is 3.44. The summed E-state index contributed by atoms with van der Waals surface area (Å²) in [7, 11) is 0. The fraction of sp³-hybridized carbons (Fsp3) is 0.400. The van der Waals surface area contributed by atoms with Crippen LogP contribution in [0.15, 0.2) is 18.2 Å². The Bertz CT molecular complexity index is 386. The number of alkyl halides is 1. The van der Waals surface area contributed by atoms with Gasteiger partial charge in [0.05, 0.1) is 17.6 Å². The minimum absolute atomic E-state index is 0.00238. The van der Waals surface area contributed by atoms with Gasteiger partial charge in [-0.05, 0) is 6.07 Å². The highest BCUT2D eigenvalue weighted by atomic mass is 35.5. The molecule has 0 amide bonds. The zero-order valence-corrected chi connectivity index (χ0v) is 9.41. The third kappa shape index (κ3) is 3.34. The Labute approximate surface area is 97.1 Å². The standard InChI is InChI=1S/C10H11ClFNO3/c1-7(5-11)6-16-10-3-2-8(13(14)15)4-9(10)12/h2-4,7H,5-6H2,1H3. The van der Waals surface area contributed by atoms with Crippen molar-refractivity contribution < 1.29 is 14.1 Å². The van der Waals surface area contributed by atoms with Crippen molar-refractivity contribution in [2.24, 2.45) is 5.92 Å². The average molecular weight is 248 g/mol. The molecule has 0 spiro atoms. The molecular weight excluding hydrogens is 237 g/mol. The van der Waals surface area contributed by atoms with Gasteiger partial charge in [0, 0.05) is 17.9 Å². The van der Waals surface area contributed by atoms with Gasteiger partial charge in [-0.15, -0.1) is 11.6 Å². The molecule has 0 saturated carbocycles. The van der Waals surface area contributed by atoms with E-state index in [2.05, 4.69) is 0 Å². The summed E-state index contributed by atoms with van der Waals surface area (Å²) in [6.07, 6.45) is 0. The number of benzene rings is 1. The van der Waals surface area contributed by atoms with Gasteiger partial charge in [-0.3, -0.25) is 10.1 Å². The van der Waals surface area contributed by atoms with Crippen molar-refractivity contribution in [3.05, 3.63) is 34.1 Å². The van der Waals surface area contributed by atoms with Crippen LogP contribution in [0.5, 0.6) is 5.75 Å². The minimum Gasteiger partial charge on any atom is -0.490 e. The van der Waals surface area contributed by atoms with Gasteiger partial charge in [0.25, 0.3) is 5.69 Å². The second-order valence-corrected chi connectivity index (χ2v) is 3.75. The number of nitro benzene ring substituents is 1. The number of halogens is 2. The van der Waals surface area contributed by atoms with Crippen molar-refractivity contribution in [3.63, 3.8) is 0 Å². The molecule has 4 nitrogen and oxygen atoms in total. The third-order valence-electron chi connectivity index (χ3n) is 1.91. The van der Waals surface area contributed by atoms with E-state index < -0.39 is 10.7 Å². The summed E-state index contributed by atoms with van der Waals surface area (Å²) in [6, 6.07) is 3.28. The van der Waals surface area contributed by atoms with Crippen LogP contribution >= 0.6 is 11.6 Å². The van der Waals surface area contributed by atoms with Gasteiger partial charge in [-0.1, -0.05) is 6.92 Å². The molecule has 16 heavy (non-hydrogen) atoms. The quantitative estimate of drug-likeness (QED) is 0.457. The molecule has 0 radical (unpaired) electrons. The molecule has 1 unspecified atom stereocenters. The summed E-state index contributed by atoms with van der Waals surface area (Å²) in [5.41, 5.74) is -0.296. The fourth-order valence-electron chi connectivity index (χ4n) is 0.997. The first-order valence-electron chi connectivity index (χ1n) is 4.67. The highest BCUT2D eigenvalue weighted by molar-refractivity contribution is 6.18. The monoisotopic (exact) mass is 247 g/mol. The molecule has 0 aliphatic rings. The van der Waals surface area contributed by atoms with E-state index in [1.54, 1.807) is 0 Å². The lowest BCUT2D eigenvalue weighted by atomic mass is 10.2. The molecule has 0 heterocycles. The van der Waals surface area contributed by atoms with Crippen LogP contribution in [-0.2, 0) is 0 Å². The molecule has 1 aromatic rings. The summed E-state index contributed by atoms with van der Waals surface area (Å²) in [4.78, 5) is 9.70. The van der Waals surface area contributed by atoms with Crippen LogP contribution in [0.1, 0.15) is 6.92 Å². The van der Waals surface area contributed by atoms with E-state index >= 15 is 0 Å².